The second kappa shape index (κ2) is 8.65. The summed E-state index contributed by atoms with van der Waals surface area (Å²) >= 11 is 0. The van der Waals surface area contributed by atoms with Crippen molar-refractivity contribution in [1.29, 1.82) is 0 Å². The van der Waals surface area contributed by atoms with Crippen LogP contribution in [0.1, 0.15) is 6.42 Å². The number of likely N-dealkylation sites (N-methyl/N-ethyl adjacent to an activating group) is 1. The van der Waals surface area contributed by atoms with E-state index in [1.54, 1.807) is 12.4 Å². The molecule has 1 aliphatic rings. The fourth-order valence-electron chi connectivity index (χ4n) is 2.39. The molecule has 2 heterocycles. The maximum Gasteiger partial charge on any atom is 0.225 e. The average molecular weight is 306 g/mol. The zero-order valence-electron chi connectivity index (χ0n) is 13.5. The van der Waals surface area contributed by atoms with E-state index >= 15 is 0 Å². The largest absolute Gasteiger partial charge is 0.355 e. The second-order valence-corrected chi connectivity index (χ2v) is 5.78. The molecule has 0 aliphatic carbocycles. The number of nitrogens with zero attached hydrogens (tertiary/aromatic N) is 5. The van der Waals surface area contributed by atoms with Crippen molar-refractivity contribution in [1.82, 2.24) is 25.1 Å². The standard InChI is InChI=1S/C15H26N6O/c1-19(2)9-7-16-14(22)4-8-20-10-12-21(13-11-20)15-17-5-3-6-18-15/h3,5-6H,4,7-13H2,1-2H3,(H,16,22). The summed E-state index contributed by atoms with van der Waals surface area (Å²) in [7, 11) is 4.00. The molecule has 0 atom stereocenters. The molecule has 1 N–H and O–H groups in total. The van der Waals surface area contributed by atoms with Gasteiger partial charge in [-0.25, -0.2) is 9.97 Å². The van der Waals surface area contributed by atoms with Gasteiger partial charge in [0.1, 0.15) is 0 Å². The van der Waals surface area contributed by atoms with Gasteiger partial charge in [-0.15, -0.1) is 0 Å². The van der Waals surface area contributed by atoms with Crippen LogP contribution in [0.15, 0.2) is 18.5 Å². The number of hydrogen-bond acceptors (Lipinski definition) is 6. The normalized spacial score (nSPS) is 16.0. The number of nitrogens with one attached hydrogen (secondary N) is 1. The Kier molecular flexibility index (Phi) is 6.54. The molecule has 1 fully saturated rings. The molecule has 7 nitrogen and oxygen atoms in total. The predicted octanol–water partition coefficient (Wildman–Crippen LogP) is -0.333. The highest BCUT2D eigenvalue weighted by atomic mass is 16.1. The highest BCUT2D eigenvalue weighted by Gasteiger charge is 2.18. The summed E-state index contributed by atoms with van der Waals surface area (Å²) in [6, 6.07) is 1.83. The number of piperazine rings is 1. The number of aromatic nitrogens is 2. The molecule has 7 heteroatoms. The van der Waals surface area contributed by atoms with Gasteiger partial charge in [0.15, 0.2) is 0 Å². The molecule has 0 spiro atoms. The van der Waals surface area contributed by atoms with Crippen molar-refractivity contribution in [2.75, 3.05) is 64.8 Å². The van der Waals surface area contributed by atoms with Crippen molar-refractivity contribution in [2.24, 2.45) is 0 Å². The van der Waals surface area contributed by atoms with Gasteiger partial charge in [0.2, 0.25) is 11.9 Å². The van der Waals surface area contributed by atoms with Crippen molar-refractivity contribution in [3.8, 4) is 0 Å². The van der Waals surface area contributed by atoms with E-state index in [0.717, 1.165) is 45.2 Å². The maximum atomic E-state index is 11.8. The van der Waals surface area contributed by atoms with Crippen molar-refractivity contribution in [3.63, 3.8) is 0 Å². The highest BCUT2D eigenvalue weighted by Crippen LogP contribution is 2.09. The molecule has 0 aromatic carbocycles. The van der Waals surface area contributed by atoms with E-state index in [9.17, 15) is 4.79 Å². The van der Waals surface area contributed by atoms with Crippen LogP contribution in [0.25, 0.3) is 0 Å². The van der Waals surface area contributed by atoms with Gasteiger partial charge in [-0.05, 0) is 20.2 Å². The lowest BCUT2D eigenvalue weighted by atomic mass is 10.3. The maximum absolute atomic E-state index is 11.8. The summed E-state index contributed by atoms with van der Waals surface area (Å²) in [5.74, 6) is 0.930. The zero-order chi connectivity index (χ0) is 15.8. The molecule has 1 amide bonds. The fraction of sp³-hybridized carbons (Fsp3) is 0.667. The van der Waals surface area contributed by atoms with Gasteiger partial charge in [0.05, 0.1) is 0 Å². The van der Waals surface area contributed by atoms with Gasteiger partial charge < -0.3 is 15.1 Å². The Morgan fingerprint density at radius 1 is 1.23 bits per heavy atom. The Morgan fingerprint density at radius 3 is 2.55 bits per heavy atom. The molecule has 2 rings (SSSR count). The van der Waals surface area contributed by atoms with Crippen molar-refractivity contribution < 1.29 is 4.79 Å². The van der Waals surface area contributed by atoms with Crippen LogP contribution in [0.2, 0.25) is 0 Å². The first-order valence-electron chi connectivity index (χ1n) is 7.81. The van der Waals surface area contributed by atoms with Crippen LogP contribution < -0.4 is 10.2 Å². The average Bonchev–Trinajstić information content (AvgIpc) is 2.54. The van der Waals surface area contributed by atoms with Crippen molar-refractivity contribution in [3.05, 3.63) is 18.5 Å². The Hall–Kier alpha value is -1.73. The Labute approximate surface area is 132 Å². The molecular formula is C15H26N6O. The predicted molar refractivity (Wildman–Crippen MR) is 86.9 cm³/mol. The first-order valence-corrected chi connectivity index (χ1v) is 7.81. The summed E-state index contributed by atoms with van der Waals surface area (Å²) in [6.45, 7) is 6.12. The third kappa shape index (κ3) is 5.57. The molecule has 22 heavy (non-hydrogen) atoms. The van der Waals surface area contributed by atoms with Gasteiger partial charge in [-0.2, -0.15) is 0 Å². The molecular weight excluding hydrogens is 280 g/mol. The minimum atomic E-state index is 0.135. The van der Waals surface area contributed by atoms with E-state index < -0.39 is 0 Å². The first-order chi connectivity index (χ1) is 10.6. The molecule has 1 saturated heterocycles. The lowest BCUT2D eigenvalue weighted by Crippen LogP contribution is -2.47. The quantitative estimate of drug-likeness (QED) is 0.744. The van der Waals surface area contributed by atoms with Crippen LogP contribution in [-0.2, 0) is 4.79 Å². The number of carbonyl (C=O) groups excluding carboxylic acids is 1. The minimum Gasteiger partial charge on any atom is -0.355 e. The summed E-state index contributed by atoms with van der Waals surface area (Å²) in [6.07, 6.45) is 4.11. The molecule has 0 saturated carbocycles. The minimum absolute atomic E-state index is 0.135. The van der Waals surface area contributed by atoms with E-state index in [1.165, 1.54) is 0 Å². The van der Waals surface area contributed by atoms with E-state index in [2.05, 4.69) is 30.0 Å². The van der Waals surface area contributed by atoms with Crippen LogP contribution in [0, 0.1) is 0 Å². The molecule has 122 valence electrons. The molecule has 0 unspecified atom stereocenters. The first kappa shape index (κ1) is 16.6. The summed E-state index contributed by atoms with van der Waals surface area (Å²) in [4.78, 5) is 26.9. The molecule has 1 aromatic rings. The number of amides is 1. The monoisotopic (exact) mass is 306 g/mol. The lowest BCUT2D eigenvalue weighted by Gasteiger charge is -2.34. The third-order valence-electron chi connectivity index (χ3n) is 3.74. The Bertz CT molecular complexity index is 445. The van der Waals surface area contributed by atoms with Crippen molar-refractivity contribution >= 4 is 11.9 Å². The van der Waals surface area contributed by atoms with Crippen LogP contribution in [0.3, 0.4) is 0 Å². The molecule has 1 aliphatic heterocycles. The van der Waals surface area contributed by atoms with E-state index in [4.69, 9.17) is 0 Å². The van der Waals surface area contributed by atoms with Crippen molar-refractivity contribution in [2.45, 2.75) is 6.42 Å². The van der Waals surface area contributed by atoms with Crippen LogP contribution in [0.5, 0.6) is 0 Å². The van der Waals surface area contributed by atoms with Gasteiger partial charge >= 0.3 is 0 Å². The fourth-order valence-corrected chi connectivity index (χ4v) is 2.39. The van der Waals surface area contributed by atoms with Crippen LogP contribution in [-0.4, -0.2) is 85.6 Å². The zero-order valence-corrected chi connectivity index (χ0v) is 13.5. The number of anilines is 1. The SMILES string of the molecule is CN(C)CCNC(=O)CCN1CCN(c2ncccn2)CC1. The second-order valence-electron chi connectivity index (χ2n) is 5.78. The number of hydrogen-bond donors (Lipinski definition) is 1. The van der Waals surface area contributed by atoms with Crippen LogP contribution in [0.4, 0.5) is 5.95 Å². The van der Waals surface area contributed by atoms with E-state index in [-0.39, 0.29) is 5.91 Å². The van der Waals surface area contributed by atoms with Gasteiger partial charge in [-0.3, -0.25) is 9.69 Å². The number of rotatable bonds is 7. The topological polar surface area (TPSA) is 64.6 Å². The smallest absolute Gasteiger partial charge is 0.225 e. The number of carbonyl (C=O) groups is 1. The summed E-state index contributed by atoms with van der Waals surface area (Å²) < 4.78 is 0. The third-order valence-corrected chi connectivity index (χ3v) is 3.74. The van der Waals surface area contributed by atoms with Gasteiger partial charge in [0.25, 0.3) is 0 Å². The van der Waals surface area contributed by atoms with E-state index in [1.807, 2.05) is 20.2 Å². The molecule has 0 bridgehead atoms. The Balaban J connectivity index is 1.62. The lowest BCUT2D eigenvalue weighted by molar-refractivity contribution is -0.121. The molecule has 0 radical (unpaired) electrons. The summed E-state index contributed by atoms with van der Waals surface area (Å²) in [5.41, 5.74) is 0. The van der Waals surface area contributed by atoms with E-state index in [0.29, 0.717) is 13.0 Å². The van der Waals surface area contributed by atoms with Gasteiger partial charge in [-0.1, -0.05) is 0 Å². The molecule has 1 aromatic heterocycles. The summed E-state index contributed by atoms with van der Waals surface area (Å²) in [5, 5.41) is 2.95. The highest BCUT2D eigenvalue weighted by molar-refractivity contribution is 5.76. The van der Waals surface area contributed by atoms with Gasteiger partial charge in [0, 0.05) is 64.6 Å². The Morgan fingerprint density at radius 2 is 1.91 bits per heavy atom. The van der Waals surface area contributed by atoms with Crippen LogP contribution >= 0.6 is 0 Å².